The molecule has 1 aliphatic heterocycles. The van der Waals surface area contributed by atoms with Gasteiger partial charge >= 0.3 is 6.09 Å². The van der Waals surface area contributed by atoms with Crippen LogP contribution < -0.4 is 20.5 Å². The van der Waals surface area contributed by atoms with Crippen LogP contribution in [0.5, 0.6) is 6.01 Å². The first-order valence-electron chi connectivity index (χ1n) is 20.7. The van der Waals surface area contributed by atoms with E-state index in [1.807, 2.05) is 37.4 Å². The predicted octanol–water partition coefficient (Wildman–Crippen LogP) is 5.77. The molecule has 3 N–H and O–H groups in total. The van der Waals surface area contributed by atoms with E-state index in [2.05, 4.69) is 40.8 Å². The fraction of sp³-hybridized carbons (Fsp3) is 0.628. The third-order valence-corrected chi connectivity index (χ3v) is 15.3. The van der Waals surface area contributed by atoms with Gasteiger partial charge < -0.3 is 29.9 Å². The minimum absolute atomic E-state index is 0.114. The number of benzene rings is 1. The van der Waals surface area contributed by atoms with Crippen molar-refractivity contribution < 1.29 is 37.4 Å². The Morgan fingerprint density at radius 1 is 1.10 bits per heavy atom. The molecule has 0 bridgehead atoms. The summed E-state index contributed by atoms with van der Waals surface area (Å²) in [7, 11) is -4.04. The number of sulfonamides is 1. The number of carbonyl (C=O) groups is 4. The summed E-state index contributed by atoms with van der Waals surface area (Å²) in [4.78, 5) is 67.5. The first-order chi connectivity index (χ1) is 27.7. The second kappa shape index (κ2) is 15.8. The molecule has 15 nitrogen and oxygen atoms in total. The molecule has 328 valence electrons. The van der Waals surface area contributed by atoms with Gasteiger partial charge in [0.1, 0.15) is 28.2 Å². The molecule has 0 radical (unpaired) electrons. The van der Waals surface area contributed by atoms with Gasteiger partial charge in [0, 0.05) is 29.4 Å². The van der Waals surface area contributed by atoms with Crippen molar-refractivity contribution in [3.8, 4) is 16.6 Å². The van der Waals surface area contributed by atoms with Crippen LogP contribution in [0.15, 0.2) is 36.2 Å². The lowest BCUT2D eigenvalue weighted by Gasteiger charge is -2.37. The monoisotopic (exact) mass is 866 g/mol. The average molecular weight is 867 g/mol. The number of ether oxygens (including phenoxy) is 1. The van der Waals surface area contributed by atoms with E-state index in [-0.39, 0.29) is 31.2 Å². The molecular weight excluding hydrogens is 807 g/mol. The Morgan fingerprint density at radius 2 is 1.77 bits per heavy atom. The number of para-hydroxylation sites is 1. The van der Waals surface area contributed by atoms with Crippen molar-refractivity contribution in [1.29, 1.82) is 0 Å². The molecule has 2 aliphatic carbocycles. The summed E-state index contributed by atoms with van der Waals surface area (Å²) in [6, 6.07) is 2.30. The van der Waals surface area contributed by atoms with Gasteiger partial charge in [0.2, 0.25) is 21.8 Å². The maximum Gasteiger partial charge on any atom is 0.408 e. The fourth-order valence-electron chi connectivity index (χ4n) is 8.24. The van der Waals surface area contributed by atoms with Crippen LogP contribution in [-0.2, 0) is 29.1 Å². The Morgan fingerprint density at radius 3 is 2.32 bits per heavy atom. The zero-order valence-electron chi connectivity index (χ0n) is 36.5. The molecular formula is C43H60N7O8S2-. The average Bonchev–Trinajstić information content (AvgIpc) is 3.87. The van der Waals surface area contributed by atoms with Gasteiger partial charge in [0.25, 0.3) is 5.91 Å². The number of hydrogen-bond acceptors (Lipinski definition) is 11. The van der Waals surface area contributed by atoms with Crippen LogP contribution in [0.2, 0.25) is 0 Å². The SMILES string of the molecule is C=C[C@@H]1C[C@]1(NC(=O)[C@@H]1C(CC(C)n2c([O-])nc3c(-c4nc(C(C)C)cs4)cccc32)[C@@H](C)CN1C(=O)[C@@H](NC(=O)OC(C)(C)C)C(C)(C)C)C(=O)NS(=O)(=O)C1(C)CC1. The van der Waals surface area contributed by atoms with Crippen molar-refractivity contribution in [2.45, 2.75) is 142 Å². The second-order valence-corrected chi connectivity index (χ2v) is 22.7. The van der Waals surface area contributed by atoms with Crippen molar-refractivity contribution in [1.82, 2.24) is 34.8 Å². The number of nitrogens with zero attached hydrogens (tertiary/aromatic N) is 4. The molecule has 1 aromatic carbocycles. The number of amides is 4. The molecule has 0 spiro atoms. The summed E-state index contributed by atoms with van der Waals surface area (Å²) in [6.45, 7) is 24.0. The van der Waals surface area contributed by atoms with Gasteiger partial charge in [-0.05, 0) is 95.6 Å². The molecule has 1 saturated heterocycles. The Bertz CT molecular complexity index is 2300. The van der Waals surface area contributed by atoms with E-state index in [0.717, 1.165) is 16.3 Å². The van der Waals surface area contributed by atoms with Gasteiger partial charge in [-0.1, -0.05) is 53.7 Å². The highest BCUT2D eigenvalue weighted by Gasteiger charge is 2.63. The molecule has 6 rings (SSSR count). The number of imidazole rings is 1. The number of rotatable bonds is 13. The van der Waals surface area contributed by atoms with Crippen LogP contribution in [0.3, 0.4) is 0 Å². The Balaban J connectivity index is 1.36. The van der Waals surface area contributed by atoms with Gasteiger partial charge in [-0.25, -0.2) is 23.2 Å². The van der Waals surface area contributed by atoms with Crippen molar-refractivity contribution in [2.24, 2.45) is 23.2 Å². The Hall–Kier alpha value is -4.51. The lowest BCUT2D eigenvalue weighted by Crippen LogP contribution is -2.61. The lowest BCUT2D eigenvalue weighted by atomic mass is 9.84. The molecule has 3 aromatic rings. The van der Waals surface area contributed by atoms with Crippen molar-refractivity contribution >= 4 is 56.2 Å². The molecule has 4 amide bonds. The van der Waals surface area contributed by atoms with Crippen molar-refractivity contribution in [3.05, 3.63) is 41.9 Å². The van der Waals surface area contributed by atoms with Crippen LogP contribution in [0.4, 0.5) is 4.79 Å². The summed E-state index contributed by atoms with van der Waals surface area (Å²) < 4.78 is 34.7. The maximum atomic E-state index is 14.9. The summed E-state index contributed by atoms with van der Waals surface area (Å²) in [5.74, 6) is -3.24. The number of likely N-dealkylation sites (tertiary alicyclic amines) is 1. The lowest BCUT2D eigenvalue weighted by molar-refractivity contribution is -0.285. The van der Waals surface area contributed by atoms with E-state index in [1.165, 1.54) is 22.3 Å². The molecule has 2 unspecified atom stereocenters. The van der Waals surface area contributed by atoms with Crippen LogP contribution >= 0.6 is 11.3 Å². The fourth-order valence-corrected chi connectivity index (χ4v) is 10.6. The summed E-state index contributed by atoms with van der Waals surface area (Å²) in [5.41, 5.74) is -0.491. The molecule has 60 heavy (non-hydrogen) atoms. The largest absolute Gasteiger partial charge is 0.846 e. The molecule has 7 atom stereocenters. The minimum Gasteiger partial charge on any atom is -0.846 e. The third kappa shape index (κ3) is 8.66. The van der Waals surface area contributed by atoms with E-state index < -0.39 is 91.1 Å². The number of thiazole rings is 1. The van der Waals surface area contributed by atoms with Gasteiger partial charge in [-0.15, -0.1) is 17.9 Å². The van der Waals surface area contributed by atoms with E-state index in [1.54, 1.807) is 53.0 Å². The predicted molar refractivity (Wildman–Crippen MR) is 228 cm³/mol. The van der Waals surface area contributed by atoms with E-state index in [0.29, 0.717) is 23.9 Å². The Labute approximate surface area is 357 Å². The van der Waals surface area contributed by atoms with Crippen LogP contribution in [0, 0.1) is 23.2 Å². The Kier molecular flexibility index (Phi) is 11.8. The van der Waals surface area contributed by atoms with Gasteiger partial charge in [-0.3, -0.25) is 19.1 Å². The molecule has 2 aromatic heterocycles. The zero-order valence-corrected chi connectivity index (χ0v) is 38.2. The number of nitrogens with one attached hydrogen (secondary N) is 3. The summed E-state index contributed by atoms with van der Waals surface area (Å²) >= 11 is 1.49. The first kappa shape index (κ1) is 45.0. The number of alkyl carbamates (subject to hydrolysis) is 1. The quantitative estimate of drug-likeness (QED) is 0.177. The van der Waals surface area contributed by atoms with Crippen molar-refractivity contribution in [3.63, 3.8) is 0 Å². The third-order valence-electron chi connectivity index (χ3n) is 12.2. The molecule has 3 fully saturated rings. The highest BCUT2D eigenvalue weighted by molar-refractivity contribution is 7.91. The standard InChI is InChI=1S/C43H61N7O8S2/c1-13-26-20-43(26,37(53)48-60(56,57)42(12)17-18-42)47-34(51)32-28(24(4)21-49(32)36(52)33(40(6,7)8)46-39(55)58-41(9,10)11)19-25(5)50-30-16-14-15-27(31(30)45-38(50)54)35-44-29(22-59-35)23(2)3/h13-16,22-26,28,32-33H,1,17-21H2,2-12H3,(H,45,54)(H,46,55)(H,47,51)(H,48,53)/p-1/t24-,25?,26+,28?,32-,33+,43+/m0/s1. The summed E-state index contributed by atoms with van der Waals surface area (Å²) in [5, 5.41) is 22.2. The van der Waals surface area contributed by atoms with Crippen LogP contribution in [0.25, 0.3) is 21.6 Å². The molecule has 3 heterocycles. The second-order valence-electron chi connectivity index (χ2n) is 19.7. The van der Waals surface area contributed by atoms with Gasteiger partial charge in [0.15, 0.2) is 0 Å². The number of carbonyl (C=O) groups excluding carboxylic acids is 4. The number of hydrogen-bond donors (Lipinski definition) is 3. The first-order valence-corrected chi connectivity index (χ1v) is 23.0. The van der Waals surface area contributed by atoms with E-state index >= 15 is 0 Å². The normalized spacial score (nSPS) is 24.8. The summed E-state index contributed by atoms with van der Waals surface area (Å²) in [6.07, 6.45) is 1.89. The smallest absolute Gasteiger partial charge is 0.408 e. The van der Waals surface area contributed by atoms with Crippen LogP contribution in [-0.4, -0.2) is 86.2 Å². The topological polar surface area (TPSA) is 205 Å². The van der Waals surface area contributed by atoms with E-state index in [4.69, 9.17) is 9.72 Å². The number of fused-ring (bicyclic) bond motifs is 1. The molecule has 17 heteroatoms. The van der Waals surface area contributed by atoms with Crippen LogP contribution in [0.1, 0.15) is 119 Å². The van der Waals surface area contributed by atoms with E-state index in [9.17, 15) is 32.7 Å². The highest BCUT2D eigenvalue weighted by atomic mass is 32.2. The molecule has 2 saturated carbocycles. The van der Waals surface area contributed by atoms with Gasteiger partial charge in [0.05, 0.1) is 27.5 Å². The highest BCUT2D eigenvalue weighted by Crippen LogP contribution is 2.48. The van der Waals surface area contributed by atoms with Gasteiger partial charge in [-0.2, -0.15) is 0 Å². The van der Waals surface area contributed by atoms with Crippen molar-refractivity contribution in [2.75, 3.05) is 6.54 Å². The zero-order chi connectivity index (χ0) is 44.5. The number of aromatic nitrogens is 3. The minimum atomic E-state index is -4.04. The molecule has 3 aliphatic rings. The maximum absolute atomic E-state index is 14.9.